The van der Waals surface area contributed by atoms with E-state index >= 15 is 0 Å². The summed E-state index contributed by atoms with van der Waals surface area (Å²) in [5.41, 5.74) is 3.78. The van der Waals surface area contributed by atoms with Crippen molar-refractivity contribution in [3.63, 3.8) is 0 Å². The molecule has 0 aromatic heterocycles. The maximum Gasteiger partial charge on any atom is 0.126 e. The standard InChI is InChI=1S/C16H18O/c1-3-7-13-8-6-9-14(12-13)15-10-4-5-11-16(15)17-2/h4-6,8-12H,3,7H2,1-2H3. The fourth-order valence-corrected chi connectivity index (χ4v) is 2.07. The van der Waals surface area contributed by atoms with E-state index in [4.69, 9.17) is 4.74 Å². The molecule has 0 amide bonds. The van der Waals surface area contributed by atoms with Crippen LogP contribution in [0.25, 0.3) is 11.1 Å². The fraction of sp³-hybridized carbons (Fsp3) is 0.250. The number of hydrogen-bond donors (Lipinski definition) is 0. The van der Waals surface area contributed by atoms with Gasteiger partial charge in [0, 0.05) is 5.56 Å². The molecule has 17 heavy (non-hydrogen) atoms. The number of para-hydroxylation sites is 1. The van der Waals surface area contributed by atoms with Crippen molar-refractivity contribution in [1.29, 1.82) is 0 Å². The van der Waals surface area contributed by atoms with Crippen molar-refractivity contribution in [3.8, 4) is 16.9 Å². The lowest BCUT2D eigenvalue weighted by Crippen LogP contribution is -1.89. The number of ether oxygens (including phenoxy) is 1. The number of benzene rings is 2. The molecule has 0 saturated carbocycles. The molecule has 2 rings (SSSR count). The van der Waals surface area contributed by atoms with Crippen LogP contribution >= 0.6 is 0 Å². The quantitative estimate of drug-likeness (QED) is 0.754. The first-order valence-corrected chi connectivity index (χ1v) is 6.07. The first kappa shape index (κ1) is 11.7. The van der Waals surface area contributed by atoms with Gasteiger partial charge in [0.05, 0.1) is 7.11 Å². The highest BCUT2D eigenvalue weighted by atomic mass is 16.5. The van der Waals surface area contributed by atoms with Crippen molar-refractivity contribution in [2.24, 2.45) is 0 Å². The van der Waals surface area contributed by atoms with Crippen LogP contribution in [0.2, 0.25) is 0 Å². The summed E-state index contributed by atoms with van der Waals surface area (Å²) < 4.78 is 5.40. The van der Waals surface area contributed by atoms with Gasteiger partial charge in [-0.2, -0.15) is 0 Å². The van der Waals surface area contributed by atoms with Gasteiger partial charge in [-0.1, -0.05) is 55.8 Å². The highest BCUT2D eigenvalue weighted by Crippen LogP contribution is 2.30. The molecule has 0 aliphatic carbocycles. The van der Waals surface area contributed by atoms with Crippen molar-refractivity contribution in [2.75, 3.05) is 7.11 Å². The maximum atomic E-state index is 5.40. The summed E-state index contributed by atoms with van der Waals surface area (Å²) in [4.78, 5) is 0. The normalized spacial score (nSPS) is 10.2. The lowest BCUT2D eigenvalue weighted by molar-refractivity contribution is 0.416. The summed E-state index contributed by atoms with van der Waals surface area (Å²) in [5, 5.41) is 0. The molecule has 0 heterocycles. The van der Waals surface area contributed by atoms with Gasteiger partial charge < -0.3 is 4.74 Å². The Hall–Kier alpha value is -1.76. The minimum absolute atomic E-state index is 0.932. The summed E-state index contributed by atoms with van der Waals surface area (Å²) in [6.45, 7) is 2.20. The van der Waals surface area contributed by atoms with Crippen LogP contribution in [-0.2, 0) is 6.42 Å². The lowest BCUT2D eigenvalue weighted by atomic mass is 10.0. The molecule has 0 bridgehead atoms. The second kappa shape index (κ2) is 5.53. The molecule has 0 aliphatic heterocycles. The number of methoxy groups -OCH3 is 1. The van der Waals surface area contributed by atoms with E-state index in [1.165, 1.54) is 17.5 Å². The van der Waals surface area contributed by atoms with E-state index in [1.807, 2.05) is 18.2 Å². The second-order valence-electron chi connectivity index (χ2n) is 4.15. The van der Waals surface area contributed by atoms with Gasteiger partial charge in [-0.05, 0) is 23.6 Å². The smallest absolute Gasteiger partial charge is 0.126 e. The molecule has 0 unspecified atom stereocenters. The Morgan fingerprint density at radius 2 is 1.82 bits per heavy atom. The molecule has 88 valence electrons. The Balaban J connectivity index is 2.41. The zero-order valence-electron chi connectivity index (χ0n) is 10.4. The fourth-order valence-electron chi connectivity index (χ4n) is 2.07. The van der Waals surface area contributed by atoms with E-state index in [9.17, 15) is 0 Å². The van der Waals surface area contributed by atoms with Crippen LogP contribution in [0.1, 0.15) is 18.9 Å². The van der Waals surface area contributed by atoms with Gasteiger partial charge in [0.2, 0.25) is 0 Å². The van der Waals surface area contributed by atoms with Crippen molar-refractivity contribution in [3.05, 3.63) is 54.1 Å². The average molecular weight is 226 g/mol. The third-order valence-corrected chi connectivity index (χ3v) is 2.88. The van der Waals surface area contributed by atoms with Crippen LogP contribution in [0.4, 0.5) is 0 Å². The van der Waals surface area contributed by atoms with Gasteiger partial charge in [0.25, 0.3) is 0 Å². The Morgan fingerprint density at radius 1 is 1.00 bits per heavy atom. The highest BCUT2D eigenvalue weighted by Gasteiger charge is 2.04. The van der Waals surface area contributed by atoms with Gasteiger partial charge in [-0.25, -0.2) is 0 Å². The molecule has 0 aliphatic rings. The Kier molecular flexibility index (Phi) is 3.81. The number of rotatable bonds is 4. The average Bonchev–Trinajstić information content (AvgIpc) is 2.39. The van der Waals surface area contributed by atoms with Crippen LogP contribution < -0.4 is 4.74 Å². The first-order valence-electron chi connectivity index (χ1n) is 6.07. The lowest BCUT2D eigenvalue weighted by Gasteiger charge is -2.09. The topological polar surface area (TPSA) is 9.23 Å². The predicted molar refractivity (Wildman–Crippen MR) is 72.4 cm³/mol. The van der Waals surface area contributed by atoms with Crippen LogP contribution in [0.5, 0.6) is 5.75 Å². The molecular formula is C16H18O. The third-order valence-electron chi connectivity index (χ3n) is 2.88. The predicted octanol–water partition coefficient (Wildman–Crippen LogP) is 4.31. The van der Waals surface area contributed by atoms with E-state index in [0.717, 1.165) is 17.7 Å². The summed E-state index contributed by atoms with van der Waals surface area (Å²) in [6.07, 6.45) is 2.30. The summed E-state index contributed by atoms with van der Waals surface area (Å²) >= 11 is 0. The molecule has 1 nitrogen and oxygen atoms in total. The van der Waals surface area contributed by atoms with Gasteiger partial charge in [0.15, 0.2) is 0 Å². The molecule has 0 atom stereocenters. The molecule has 2 aromatic carbocycles. The van der Waals surface area contributed by atoms with Crippen LogP contribution in [0.3, 0.4) is 0 Å². The number of hydrogen-bond acceptors (Lipinski definition) is 1. The molecule has 0 radical (unpaired) electrons. The minimum Gasteiger partial charge on any atom is -0.496 e. The van der Waals surface area contributed by atoms with E-state index in [2.05, 4.69) is 37.3 Å². The van der Waals surface area contributed by atoms with Crippen molar-refractivity contribution < 1.29 is 4.74 Å². The molecule has 0 saturated heterocycles. The third kappa shape index (κ3) is 2.68. The largest absolute Gasteiger partial charge is 0.496 e. The maximum absolute atomic E-state index is 5.40. The minimum atomic E-state index is 0.932. The van der Waals surface area contributed by atoms with Crippen molar-refractivity contribution in [1.82, 2.24) is 0 Å². The van der Waals surface area contributed by atoms with Crippen LogP contribution in [0, 0.1) is 0 Å². The molecule has 0 fully saturated rings. The van der Waals surface area contributed by atoms with Gasteiger partial charge in [-0.3, -0.25) is 0 Å². The summed E-state index contributed by atoms with van der Waals surface area (Å²) in [5.74, 6) is 0.932. The Morgan fingerprint density at radius 3 is 2.59 bits per heavy atom. The second-order valence-corrected chi connectivity index (χ2v) is 4.15. The summed E-state index contributed by atoms with van der Waals surface area (Å²) in [6, 6.07) is 16.8. The molecule has 0 spiro atoms. The van der Waals surface area contributed by atoms with Crippen LogP contribution in [-0.4, -0.2) is 7.11 Å². The Labute approximate surface area is 103 Å². The zero-order chi connectivity index (χ0) is 12.1. The monoisotopic (exact) mass is 226 g/mol. The van der Waals surface area contributed by atoms with Crippen molar-refractivity contribution >= 4 is 0 Å². The van der Waals surface area contributed by atoms with E-state index in [-0.39, 0.29) is 0 Å². The molecule has 2 aromatic rings. The van der Waals surface area contributed by atoms with E-state index < -0.39 is 0 Å². The number of aryl methyl sites for hydroxylation is 1. The first-order chi connectivity index (χ1) is 8.35. The molecule has 1 heteroatoms. The molecule has 0 N–H and O–H groups in total. The van der Waals surface area contributed by atoms with Gasteiger partial charge in [-0.15, -0.1) is 0 Å². The van der Waals surface area contributed by atoms with Gasteiger partial charge >= 0.3 is 0 Å². The summed E-state index contributed by atoms with van der Waals surface area (Å²) in [7, 11) is 1.72. The SMILES string of the molecule is CCCc1cccc(-c2ccccc2OC)c1. The van der Waals surface area contributed by atoms with E-state index in [1.54, 1.807) is 7.11 Å². The highest BCUT2D eigenvalue weighted by molar-refractivity contribution is 5.70. The Bertz CT molecular complexity index is 488. The molecular weight excluding hydrogens is 208 g/mol. The van der Waals surface area contributed by atoms with Gasteiger partial charge in [0.1, 0.15) is 5.75 Å². The van der Waals surface area contributed by atoms with Crippen molar-refractivity contribution in [2.45, 2.75) is 19.8 Å². The zero-order valence-corrected chi connectivity index (χ0v) is 10.4. The van der Waals surface area contributed by atoms with Crippen LogP contribution in [0.15, 0.2) is 48.5 Å². The van der Waals surface area contributed by atoms with E-state index in [0.29, 0.717) is 0 Å².